The molecule has 1 aliphatic carbocycles. The second kappa shape index (κ2) is 6.72. The molecule has 0 aliphatic heterocycles. The lowest BCUT2D eigenvalue weighted by Crippen LogP contribution is -2.23. The topological polar surface area (TPSA) is 104 Å². The van der Waals surface area contributed by atoms with Gasteiger partial charge in [-0.1, -0.05) is 36.4 Å². The fourth-order valence-corrected chi connectivity index (χ4v) is 2.82. The number of benzene rings is 2. The van der Waals surface area contributed by atoms with Crippen LogP contribution in [0.25, 0.3) is 0 Å². The van der Waals surface area contributed by atoms with Crippen LogP contribution in [0, 0.1) is 10.1 Å². The van der Waals surface area contributed by atoms with E-state index in [2.05, 4.69) is 0 Å². The van der Waals surface area contributed by atoms with E-state index >= 15 is 0 Å². The lowest BCUT2D eigenvalue weighted by atomic mass is 9.82. The number of rotatable bonds is 4. The van der Waals surface area contributed by atoms with Gasteiger partial charge in [0, 0.05) is 16.7 Å². The van der Waals surface area contributed by atoms with Crippen molar-refractivity contribution in [2.75, 3.05) is 6.61 Å². The quantitative estimate of drug-likeness (QED) is 0.310. The van der Waals surface area contributed by atoms with E-state index in [-0.39, 0.29) is 34.4 Å². The Morgan fingerprint density at radius 3 is 2.35 bits per heavy atom. The van der Waals surface area contributed by atoms with Crippen LogP contribution >= 0.6 is 0 Å². The maximum Gasteiger partial charge on any atom is 0.345 e. The van der Waals surface area contributed by atoms with Crippen molar-refractivity contribution in [2.24, 2.45) is 0 Å². The number of hydrogen-bond acceptors (Lipinski definition) is 6. The first-order valence-corrected chi connectivity index (χ1v) is 7.75. The summed E-state index contributed by atoms with van der Waals surface area (Å²) in [6.07, 6.45) is 3.22. The SMILES string of the molecule is C/C=C/COC(=O)c1ccc2c(c1[N+](=O)[O-])C(=O)c1ccccc1C2=O. The zero-order valence-electron chi connectivity index (χ0n) is 13.7. The Morgan fingerprint density at radius 2 is 1.73 bits per heavy atom. The summed E-state index contributed by atoms with van der Waals surface area (Å²) in [6, 6.07) is 8.49. The smallest absolute Gasteiger partial charge is 0.345 e. The van der Waals surface area contributed by atoms with Crippen LogP contribution in [0.1, 0.15) is 49.1 Å². The first-order chi connectivity index (χ1) is 12.5. The Labute approximate surface area is 148 Å². The molecule has 0 saturated heterocycles. The number of allylic oxidation sites excluding steroid dienone is 1. The molecule has 7 heteroatoms. The summed E-state index contributed by atoms with van der Waals surface area (Å²) in [5.74, 6) is -2.09. The van der Waals surface area contributed by atoms with E-state index in [0.29, 0.717) is 0 Å². The van der Waals surface area contributed by atoms with Crippen LogP contribution in [0.5, 0.6) is 0 Å². The molecule has 130 valence electrons. The van der Waals surface area contributed by atoms with Gasteiger partial charge in [0.15, 0.2) is 5.78 Å². The maximum atomic E-state index is 12.8. The van der Waals surface area contributed by atoms with E-state index in [1.165, 1.54) is 18.2 Å². The highest BCUT2D eigenvalue weighted by molar-refractivity contribution is 6.30. The summed E-state index contributed by atoms with van der Waals surface area (Å²) in [7, 11) is 0. The maximum absolute atomic E-state index is 12.8. The second-order valence-electron chi connectivity index (χ2n) is 5.51. The Morgan fingerprint density at radius 1 is 1.08 bits per heavy atom. The number of nitrogens with zero attached hydrogens (tertiary/aromatic N) is 1. The molecule has 0 bridgehead atoms. The summed E-state index contributed by atoms with van der Waals surface area (Å²) in [5.41, 5.74) is -1.28. The molecule has 3 rings (SSSR count). The lowest BCUT2D eigenvalue weighted by Gasteiger charge is -2.18. The number of nitro benzene ring substituents is 1. The number of ether oxygens (including phenoxy) is 1. The summed E-state index contributed by atoms with van der Waals surface area (Å²) < 4.78 is 4.96. The van der Waals surface area contributed by atoms with Gasteiger partial charge in [-0.25, -0.2) is 4.79 Å². The molecular weight excluding hydrogens is 338 g/mol. The summed E-state index contributed by atoms with van der Waals surface area (Å²) >= 11 is 0. The van der Waals surface area contributed by atoms with Gasteiger partial charge in [0.1, 0.15) is 17.7 Å². The van der Waals surface area contributed by atoms with E-state index in [4.69, 9.17) is 4.74 Å². The molecule has 0 N–H and O–H groups in total. The van der Waals surface area contributed by atoms with Gasteiger partial charge in [0.25, 0.3) is 5.69 Å². The van der Waals surface area contributed by atoms with Crippen LogP contribution in [0.3, 0.4) is 0 Å². The van der Waals surface area contributed by atoms with E-state index < -0.39 is 28.1 Å². The highest BCUT2D eigenvalue weighted by atomic mass is 16.6. The molecule has 0 atom stereocenters. The Hall–Kier alpha value is -3.61. The van der Waals surface area contributed by atoms with E-state index in [1.54, 1.807) is 31.2 Å². The summed E-state index contributed by atoms with van der Waals surface area (Å²) in [4.78, 5) is 48.4. The molecule has 0 unspecified atom stereocenters. The first kappa shape index (κ1) is 17.2. The molecule has 0 amide bonds. The molecule has 0 aromatic heterocycles. The largest absolute Gasteiger partial charge is 0.458 e. The van der Waals surface area contributed by atoms with Gasteiger partial charge < -0.3 is 4.74 Å². The molecule has 7 nitrogen and oxygen atoms in total. The van der Waals surface area contributed by atoms with Crippen molar-refractivity contribution in [3.8, 4) is 0 Å². The minimum Gasteiger partial charge on any atom is -0.458 e. The average Bonchev–Trinajstić information content (AvgIpc) is 2.65. The summed E-state index contributed by atoms with van der Waals surface area (Å²) in [6.45, 7) is 1.68. The van der Waals surface area contributed by atoms with Crippen LogP contribution < -0.4 is 0 Å². The molecule has 2 aromatic rings. The van der Waals surface area contributed by atoms with E-state index in [9.17, 15) is 24.5 Å². The van der Waals surface area contributed by atoms with Gasteiger partial charge in [-0.15, -0.1) is 0 Å². The number of esters is 1. The van der Waals surface area contributed by atoms with Crippen molar-refractivity contribution >= 4 is 23.2 Å². The van der Waals surface area contributed by atoms with Gasteiger partial charge in [-0.2, -0.15) is 0 Å². The fraction of sp³-hybridized carbons (Fsp3) is 0.105. The molecule has 0 saturated carbocycles. The number of carbonyl (C=O) groups excluding carboxylic acids is 3. The molecule has 26 heavy (non-hydrogen) atoms. The van der Waals surface area contributed by atoms with Crippen molar-refractivity contribution in [1.29, 1.82) is 0 Å². The summed E-state index contributed by atoms with van der Waals surface area (Å²) in [5, 5.41) is 11.6. The molecule has 0 spiro atoms. The van der Waals surface area contributed by atoms with Crippen molar-refractivity contribution in [3.05, 3.63) is 86.5 Å². The molecule has 1 aliphatic rings. The number of carbonyl (C=O) groups is 3. The van der Waals surface area contributed by atoms with Crippen molar-refractivity contribution < 1.29 is 24.0 Å². The first-order valence-electron chi connectivity index (χ1n) is 7.75. The zero-order valence-corrected chi connectivity index (χ0v) is 13.7. The van der Waals surface area contributed by atoms with E-state index in [1.807, 2.05) is 0 Å². The third kappa shape index (κ3) is 2.69. The number of nitro groups is 1. The second-order valence-corrected chi connectivity index (χ2v) is 5.51. The van der Waals surface area contributed by atoms with Crippen molar-refractivity contribution in [3.63, 3.8) is 0 Å². The Bertz CT molecular complexity index is 990. The predicted molar refractivity (Wildman–Crippen MR) is 91.5 cm³/mol. The average molecular weight is 351 g/mol. The fourth-order valence-electron chi connectivity index (χ4n) is 2.82. The van der Waals surface area contributed by atoms with Crippen LogP contribution in [0.2, 0.25) is 0 Å². The molecule has 0 radical (unpaired) electrons. The van der Waals surface area contributed by atoms with E-state index in [0.717, 1.165) is 6.07 Å². The molecule has 2 aromatic carbocycles. The van der Waals surface area contributed by atoms with Crippen molar-refractivity contribution in [1.82, 2.24) is 0 Å². The third-order valence-electron chi connectivity index (χ3n) is 4.01. The van der Waals surface area contributed by atoms with Gasteiger partial charge in [0.2, 0.25) is 5.78 Å². The van der Waals surface area contributed by atoms with Gasteiger partial charge in [0.05, 0.1) is 4.92 Å². The highest BCUT2D eigenvalue weighted by Crippen LogP contribution is 2.35. The number of hydrogen-bond donors (Lipinski definition) is 0. The third-order valence-corrected chi connectivity index (χ3v) is 4.01. The molecule has 0 heterocycles. The van der Waals surface area contributed by atoms with Crippen LogP contribution in [0.15, 0.2) is 48.6 Å². The molecular formula is C19H13NO6. The lowest BCUT2D eigenvalue weighted by molar-refractivity contribution is -0.385. The monoisotopic (exact) mass is 351 g/mol. The minimum absolute atomic E-state index is 0.0563. The van der Waals surface area contributed by atoms with Crippen LogP contribution in [0.4, 0.5) is 5.69 Å². The highest BCUT2D eigenvalue weighted by Gasteiger charge is 2.38. The minimum atomic E-state index is -0.934. The standard InChI is InChI=1S/C19H13NO6/c1-2-3-10-26-19(23)14-9-8-13-15(16(14)20(24)25)18(22)12-7-5-4-6-11(12)17(13)21/h2-9H,10H2,1H3/b3-2+. The van der Waals surface area contributed by atoms with Crippen LogP contribution in [-0.2, 0) is 4.74 Å². The van der Waals surface area contributed by atoms with Gasteiger partial charge >= 0.3 is 5.97 Å². The Balaban J connectivity index is 2.19. The van der Waals surface area contributed by atoms with Gasteiger partial charge in [-0.3, -0.25) is 19.7 Å². The Kier molecular flexibility index (Phi) is 4.45. The number of fused-ring (bicyclic) bond motifs is 2. The number of ketones is 2. The predicted octanol–water partition coefficient (Wildman–Crippen LogP) is 3.10. The molecule has 0 fully saturated rings. The normalized spacial score (nSPS) is 12.7. The van der Waals surface area contributed by atoms with Gasteiger partial charge in [-0.05, 0) is 19.1 Å². The van der Waals surface area contributed by atoms with Crippen molar-refractivity contribution in [2.45, 2.75) is 6.92 Å². The van der Waals surface area contributed by atoms with Crippen LogP contribution in [-0.4, -0.2) is 29.1 Å². The zero-order chi connectivity index (χ0) is 18.8.